The minimum atomic E-state index is -0.672. The van der Waals surface area contributed by atoms with E-state index >= 15 is 0 Å². The number of rotatable bonds is 5. The van der Waals surface area contributed by atoms with Crippen LogP contribution in [0.4, 0.5) is 5.69 Å². The van der Waals surface area contributed by atoms with Gasteiger partial charge < -0.3 is 19.5 Å². The number of ether oxygens (including phenoxy) is 3. The molecule has 0 saturated heterocycles. The van der Waals surface area contributed by atoms with E-state index in [1.165, 1.54) is 14.2 Å². The molecule has 0 spiro atoms. The smallest absolute Gasteiger partial charge is 0.354 e. The molecule has 0 unspecified atom stereocenters. The SMILES string of the molecule is COC(=O)/C=C(/Nc1ccc(C2=NC(C)(C)CO2)cc1)C(=O)OC. The molecule has 0 saturated carbocycles. The van der Waals surface area contributed by atoms with Crippen LogP contribution in [0.15, 0.2) is 41.0 Å². The van der Waals surface area contributed by atoms with E-state index in [0.29, 0.717) is 18.2 Å². The van der Waals surface area contributed by atoms with Crippen molar-refractivity contribution in [2.24, 2.45) is 4.99 Å². The normalized spacial score (nSPS) is 16.0. The predicted octanol–water partition coefficient (Wildman–Crippen LogP) is 1.88. The van der Waals surface area contributed by atoms with Crippen molar-refractivity contribution >= 4 is 23.5 Å². The number of methoxy groups -OCH3 is 2. The lowest BCUT2D eigenvalue weighted by Crippen LogP contribution is -2.17. The fourth-order valence-corrected chi connectivity index (χ4v) is 2.02. The zero-order chi connectivity index (χ0) is 17.7. The molecule has 0 aromatic heterocycles. The van der Waals surface area contributed by atoms with Crippen LogP contribution < -0.4 is 5.32 Å². The first-order valence-electron chi connectivity index (χ1n) is 7.33. The molecular weight excluding hydrogens is 312 g/mol. The van der Waals surface area contributed by atoms with Crippen molar-refractivity contribution < 1.29 is 23.8 Å². The number of hydrogen-bond acceptors (Lipinski definition) is 7. The number of carbonyl (C=O) groups is 2. The highest BCUT2D eigenvalue weighted by molar-refractivity contribution is 5.99. The Bertz CT molecular complexity index is 689. The Labute approximate surface area is 140 Å². The Morgan fingerprint density at radius 2 is 1.88 bits per heavy atom. The Balaban J connectivity index is 2.16. The second-order valence-corrected chi connectivity index (χ2v) is 5.79. The van der Waals surface area contributed by atoms with Gasteiger partial charge in [-0.05, 0) is 38.1 Å². The summed E-state index contributed by atoms with van der Waals surface area (Å²) in [6.07, 6.45) is 1.03. The summed E-state index contributed by atoms with van der Waals surface area (Å²) in [4.78, 5) is 27.6. The lowest BCUT2D eigenvalue weighted by molar-refractivity contribution is -0.138. The van der Waals surface area contributed by atoms with Crippen LogP contribution in [0.25, 0.3) is 0 Å². The quantitative estimate of drug-likeness (QED) is 0.654. The van der Waals surface area contributed by atoms with Gasteiger partial charge in [0.1, 0.15) is 12.3 Å². The van der Waals surface area contributed by atoms with Crippen LogP contribution in [0.1, 0.15) is 19.4 Å². The van der Waals surface area contributed by atoms with Crippen LogP contribution >= 0.6 is 0 Å². The first kappa shape index (κ1) is 17.5. The predicted molar refractivity (Wildman–Crippen MR) is 88.7 cm³/mol. The van der Waals surface area contributed by atoms with Gasteiger partial charge in [-0.2, -0.15) is 0 Å². The number of carbonyl (C=O) groups excluding carboxylic acids is 2. The van der Waals surface area contributed by atoms with Crippen LogP contribution in [-0.2, 0) is 23.8 Å². The summed E-state index contributed by atoms with van der Waals surface area (Å²) >= 11 is 0. The lowest BCUT2D eigenvalue weighted by Gasteiger charge is -2.09. The third kappa shape index (κ3) is 4.34. The van der Waals surface area contributed by atoms with Crippen molar-refractivity contribution in [3.05, 3.63) is 41.6 Å². The number of anilines is 1. The molecule has 24 heavy (non-hydrogen) atoms. The van der Waals surface area contributed by atoms with Crippen molar-refractivity contribution in [1.29, 1.82) is 0 Å². The third-order valence-electron chi connectivity index (χ3n) is 3.25. The molecule has 0 bridgehead atoms. The number of aliphatic imine (C=N–C) groups is 1. The summed E-state index contributed by atoms with van der Waals surface area (Å²) in [6.45, 7) is 4.53. The number of esters is 2. The van der Waals surface area contributed by atoms with Gasteiger partial charge in [-0.15, -0.1) is 0 Å². The molecule has 0 fully saturated rings. The highest BCUT2D eigenvalue weighted by atomic mass is 16.5. The van der Waals surface area contributed by atoms with Crippen molar-refractivity contribution in [3.63, 3.8) is 0 Å². The molecule has 128 valence electrons. The number of nitrogens with one attached hydrogen (secondary N) is 1. The van der Waals surface area contributed by atoms with Gasteiger partial charge >= 0.3 is 11.9 Å². The summed E-state index contributed by atoms with van der Waals surface area (Å²) in [5.74, 6) is -0.741. The van der Waals surface area contributed by atoms with Gasteiger partial charge in [-0.3, -0.25) is 0 Å². The maximum atomic E-state index is 11.7. The maximum Gasteiger partial charge on any atom is 0.354 e. The fraction of sp³-hybridized carbons (Fsp3) is 0.353. The van der Waals surface area contributed by atoms with Crippen molar-refractivity contribution in [2.75, 3.05) is 26.1 Å². The Morgan fingerprint density at radius 3 is 2.38 bits per heavy atom. The second-order valence-electron chi connectivity index (χ2n) is 5.79. The zero-order valence-electron chi connectivity index (χ0n) is 14.1. The number of benzene rings is 1. The molecule has 1 aromatic carbocycles. The second kappa shape index (κ2) is 7.16. The maximum absolute atomic E-state index is 11.7. The van der Waals surface area contributed by atoms with E-state index in [1.807, 2.05) is 26.0 Å². The van der Waals surface area contributed by atoms with E-state index in [0.717, 1.165) is 11.6 Å². The van der Waals surface area contributed by atoms with E-state index in [-0.39, 0.29) is 11.2 Å². The van der Waals surface area contributed by atoms with E-state index < -0.39 is 11.9 Å². The zero-order valence-corrected chi connectivity index (χ0v) is 14.1. The van der Waals surface area contributed by atoms with Gasteiger partial charge in [0.25, 0.3) is 0 Å². The fourth-order valence-electron chi connectivity index (χ4n) is 2.02. The van der Waals surface area contributed by atoms with Crippen molar-refractivity contribution in [2.45, 2.75) is 19.4 Å². The van der Waals surface area contributed by atoms with Crippen LogP contribution in [0.3, 0.4) is 0 Å². The number of nitrogens with zero attached hydrogens (tertiary/aromatic N) is 1. The topological polar surface area (TPSA) is 86.2 Å². The van der Waals surface area contributed by atoms with Gasteiger partial charge in [0.2, 0.25) is 5.90 Å². The average molecular weight is 332 g/mol. The molecule has 7 heteroatoms. The molecule has 0 atom stereocenters. The molecule has 1 N–H and O–H groups in total. The lowest BCUT2D eigenvalue weighted by atomic mass is 10.1. The van der Waals surface area contributed by atoms with Crippen LogP contribution in [0.5, 0.6) is 0 Å². The molecule has 1 aromatic rings. The van der Waals surface area contributed by atoms with Crippen LogP contribution in [0.2, 0.25) is 0 Å². The van der Waals surface area contributed by atoms with Gasteiger partial charge in [0.15, 0.2) is 0 Å². The Morgan fingerprint density at radius 1 is 1.21 bits per heavy atom. The Hall–Kier alpha value is -2.83. The first-order valence-corrected chi connectivity index (χ1v) is 7.33. The Kier molecular flexibility index (Phi) is 5.23. The van der Waals surface area contributed by atoms with E-state index in [9.17, 15) is 9.59 Å². The van der Waals surface area contributed by atoms with E-state index in [2.05, 4.69) is 19.8 Å². The molecule has 2 rings (SSSR count). The third-order valence-corrected chi connectivity index (χ3v) is 3.25. The van der Waals surface area contributed by atoms with Crippen molar-refractivity contribution in [1.82, 2.24) is 0 Å². The van der Waals surface area contributed by atoms with E-state index in [4.69, 9.17) is 4.74 Å². The van der Waals surface area contributed by atoms with Gasteiger partial charge in [0.05, 0.1) is 25.8 Å². The summed E-state index contributed by atoms with van der Waals surface area (Å²) in [7, 11) is 2.46. The monoisotopic (exact) mass is 332 g/mol. The van der Waals surface area contributed by atoms with Crippen LogP contribution in [-0.4, -0.2) is 44.2 Å². The molecule has 7 nitrogen and oxygen atoms in total. The van der Waals surface area contributed by atoms with Crippen molar-refractivity contribution in [3.8, 4) is 0 Å². The molecular formula is C17H20N2O5. The summed E-state index contributed by atoms with van der Waals surface area (Å²) in [6, 6.07) is 7.13. The molecule has 0 radical (unpaired) electrons. The molecule has 0 aliphatic carbocycles. The highest BCUT2D eigenvalue weighted by Crippen LogP contribution is 2.22. The molecule has 1 aliphatic heterocycles. The summed E-state index contributed by atoms with van der Waals surface area (Å²) in [5, 5.41) is 2.83. The van der Waals surface area contributed by atoms with Gasteiger partial charge in [-0.25, -0.2) is 14.6 Å². The molecule has 0 amide bonds. The standard InChI is InChI=1S/C17H20N2O5/c1-17(2)10-24-15(19-17)11-5-7-12(8-6-11)18-13(16(21)23-4)9-14(20)22-3/h5-9,18H,10H2,1-4H3/b13-9+. The molecule has 1 aliphatic rings. The van der Waals surface area contributed by atoms with E-state index in [1.54, 1.807) is 12.1 Å². The largest absolute Gasteiger partial charge is 0.475 e. The van der Waals surface area contributed by atoms with Gasteiger partial charge in [0, 0.05) is 11.3 Å². The van der Waals surface area contributed by atoms with Crippen LogP contribution in [0, 0.1) is 0 Å². The minimum absolute atomic E-state index is 0.0207. The summed E-state index contributed by atoms with van der Waals surface area (Å²) < 4.78 is 14.7. The highest BCUT2D eigenvalue weighted by Gasteiger charge is 2.26. The first-order chi connectivity index (χ1) is 11.3. The molecule has 1 heterocycles. The average Bonchev–Trinajstić information content (AvgIpc) is 2.94. The summed E-state index contributed by atoms with van der Waals surface area (Å²) in [5.41, 5.74) is 1.20. The number of hydrogen-bond donors (Lipinski definition) is 1. The minimum Gasteiger partial charge on any atom is -0.475 e. The van der Waals surface area contributed by atoms with Gasteiger partial charge in [-0.1, -0.05) is 0 Å².